The number of halogens is 2. The van der Waals surface area contributed by atoms with E-state index in [4.69, 9.17) is 19.8 Å². The molecule has 0 saturated carbocycles. The van der Waals surface area contributed by atoms with Gasteiger partial charge in [0.25, 0.3) is 0 Å². The van der Waals surface area contributed by atoms with Gasteiger partial charge in [0.15, 0.2) is 0 Å². The highest BCUT2D eigenvalue weighted by Gasteiger charge is 2.08. The number of carbonyl (C=O) groups is 2. The molecule has 0 aliphatic rings. The molecule has 3 rings (SSSR count). The molecule has 2 aromatic carbocycles. The molecular formula is C19H17Br2N3O4. The molecule has 0 fully saturated rings. The summed E-state index contributed by atoms with van der Waals surface area (Å²) in [6.45, 7) is 0.746. The van der Waals surface area contributed by atoms with Crippen molar-refractivity contribution < 1.29 is 19.8 Å². The topological polar surface area (TPSA) is 104 Å². The molecule has 3 N–H and O–H groups in total. The average molecular weight is 511 g/mol. The van der Waals surface area contributed by atoms with Gasteiger partial charge in [-0.3, -0.25) is 0 Å². The minimum Gasteiger partial charge on any atom is -0.473 e. The zero-order valence-corrected chi connectivity index (χ0v) is 17.9. The Morgan fingerprint density at radius 1 is 1.04 bits per heavy atom. The van der Waals surface area contributed by atoms with Crippen LogP contribution in [-0.2, 0) is 23.2 Å². The van der Waals surface area contributed by atoms with Gasteiger partial charge in [0.2, 0.25) is 5.95 Å². The lowest BCUT2D eigenvalue weighted by Crippen LogP contribution is -2.09. The smallest absolute Gasteiger partial charge is 0.414 e. The lowest BCUT2D eigenvalue weighted by molar-refractivity contribution is -0.159. The van der Waals surface area contributed by atoms with Gasteiger partial charge in [0, 0.05) is 28.1 Å². The molecule has 0 unspecified atom stereocenters. The summed E-state index contributed by atoms with van der Waals surface area (Å²) in [5.74, 6) is -2.79. The third-order valence-electron chi connectivity index (χ3n) is 3.66. The molecule has 9 heteroatoms. The normalized spacial score (nSPS) is 9.96. The number of benzene rings is 2. The zero-order valence-electron chi connectivity index (χ0n) is 14.8. The number of anilines is 1. The number of nitrogens with one attached hydrogen (secondary N) is 1. The van der Waals surface area contributed by atoms with Crippen molar-refractivity contribution in [3.63, 3.8) is 0 Å². The molecule has 0 amide bonds. The van der Waals surface area contributed by atoms with Gasteiger partial charge in [-0.2, -0.15) is 0 Å². The van der Waals surface area contributed by atoms with Crippen LogP contribution in [0.1, 0.15) is 5.56 Å². The number of aromatic nitrogens is 2. The van der Waals surface area contributed by atoms with Crippen molar-refractivity contribution in [2.45, 2.75) is 6.54 Å². The van der Waals surface area contributed by atoms with E-state index in [9.17, 15) is 0 Å². The Hall–Kier alpha value is -2.65. The summed E-state index contributed by atoms with van der Waals surface area (Å²) in [7, 11) is 2.02. The second-order valence-electron chi connectivity index (χ2n) is 5.63. The van der Waals surface area contributed by atoms with Crippen molar-refractivity contribution in [1.82, 2.24) is 9.55 Å². The number of aliphatic carboxylic acids is 2. The summed E-state index contributed by atoms with van der Waals surface area (Å²) in [6, 6.07) is 16.5. The Morgan fingerprint density at radius 2 is 1.68 bits per heavy atom. The van der Waals surface area contributed by atoms with Gasteiger partial charge in [-0.1, -0.05) is 56.1 Å². The molecular weight excluding hydrogens is 494 g/mol. The molecule has 0 aliphatic heterocycles. The maximum absolute atomic E-state index is 9.10. The summed E-state index contributed by atoms with van der Waals surface area (Å²) in [4.78, 5) is 22.7. The van der Waals surface area contributed by atoms with E-state index in [0.717, 1.165) is 32.7 Å². The van der Waals surface area contributed by atoms with Crippen LogP contribution < -0.4 is 5.32 Å². The quantitative estimate of drug-likeness (QED) is 0.450. The van der Waals surface area contributed by atoms with E-state index in [1.165, 1.54) is 5.56 Å². The minimum absolute atomic E-state index is 0.746. The molecule has 0 atom stereocenters. The molecule has 28 heavy (non-hydrogen) atoms. The third kappa shape index (κ3) is 6.21. The zero-order chi connectivity index (χ0) is 20.7. The molecule has 0 bridgehead atoms. The van der Waals surface area contributed by atoms with Crippen molar-refractivity contribution in [1.29, 1.82) is 0 Å². The number of carboxylic acid groups (broad SMARTS) is 2. The summed E-state index contributed by atoms with van der Waals surface area (Å²) in [6.07, 6.45) is 1.89. The van der Waals surface area contributed by atoms with Crippen LogP contribution in [0.4, 0.5) is 5.95 Å². The minimum atomic E-state index is -1.82. The van der Waals surface area contributed by atoms with Crippen LogP contribution in [0.25, 0.3) is 11.3 Å². The van der Waals surface area contributed by atoms with Gasteiger partial charge in [-0.25, -0.2) is 14.6 Å². The summed E-state index contributed by atoms with van der Waals surface area (Å²) in [5, 5.41) is 18.2. The van der Waals surface area contributed by atoms with E-state index in [1.807, 2.05) is 37.5 Å². The SMILES string of the molecule is Cn1c(-c2cccc(Br)c2)cnc1NCc1ccc(Br)cc1.O=C(O)C(=O)O. The number of nitrogens with zero attached hydrogens (tertiary/aromatic N) is 2. The van der Waals surface area contributed by atoms with Crippen LogP contribution in [0, 0.1) is 0 Å². The standard InChI is InChI=1S/C17H15Br2N3.C2H2O4/c1-22-16(13-3-2-4-15(19)9-13)11-21-17(22)20-10-12-5-7-14(18)8-6-12;3-1(4)2(5)6/h2-9,11H,10H2,1H3,(H,20,21);(H,3,4)(H,5,6). The van der Waals surface area contributed by atoms with Gasteiger partial charge in [0.1, 0.15) is 0 Å². The first kappa shape index (κ1) is 21.6. The van der Waals surface area contributed by atoms with Crippen LogP contribution >= 0.6 is 31.9 Å². The number of hydrogen-bond acceptors (Lipinski definition) is 4. The van der Waals surface area contributed by atoms with Gasteiger partial charge in [0.05, 0.1) is 11.9 Å². The molecule has 0 radical (unpaired) electrons. The first-order valence-corrected chi connectivity index (χ1v) is 9.58. The second kappa shape index (κ2) is 10.0. The van der Waals surface area contributed by atoms with Crippen LogP contribution in [0.3, 0.4) is 0 Å². The Morgan fingerprint density at radius 3 is 2.25 bits per heavy atom. The average Bonchev–Trinajstić information content (AvgIpc) is 3.02. The molecule has 7 nitrogen and oxygen atoms in total. The summed E-state index contributed by atoms with van der Waals surface area (Å²) in [5.41, 5.74) is 3.44. The molecule has 0 saturated heterocycles. The lowest BCUT2D eigenvalue weighted by atomic mass is 10.2. The molecule has 1 heterocycles. The highest BCUT2D eigenvalue weighted by atomic mass is 79.9. The van der Waals surface area contributed by atoms with Crippen LogP contribution in [0.5, 0.6) is 0 Å². The molecule has 3 aromatic rings. The molecule has 0 spiro atoms. The predicted octanol–water partition coefficient (Wildman–Crippen LogP) is 4.38. The maximum Gasteiger partial charge on any atom is 0.414 e. The Kier molecular flexibility index (Phi) is 7.77. The lowest BCUT2D eigenvalue weighted by Gasteiger charge is -2.09. The van der Waals surface area contributed by atoms with Crippen LogP contribution in [-0.4, -0.2) is 31.7 Å². The third-order valence-corrected chi connectivity index (χ3v) is 4.68. The highest BCUT2D eigenvalue weighted by molar-refractivity contribution is 9.10. The fraction of sp³-hybridized carbons (Fsp3) is 0.105. The fourth-order valence-corrected chi connectivity index (χ4v) is 2.94. The monoisotopic (exact) mass is 509 g/mol. The molecule has 146 valence electrons. The van der Waals surface area contributed by atoms with Gasteiger partial charge < -0.3 is 20.1 Å². The van der Waals surface area contributed by atoms with Crippen molar-refractivity contribution in [3.8, 4) is 11.3 Å². The van der Waals surface area contributed by atoms with E-state index in [-0.39, 0.29) is 0 Å². The van der Waals surface area contributed by atoms with Crippen molar-refractivity contribution in [3.05, 3.63) is 69.2 Å². The van der Waals surface area contributed by atoms with E-state index in [2.05, 4.69) is 71.0 Å². The summed E-state index contributed by atoms with van der Waals surface area (Å²) < 4.78 is 4.22. The van der Waals surface area contributed by atoms with Crippen LogP contribution in [0.2, 0.25) is 0 Å². The number of rotatable bonds is 4. The molecule has 1 aromatic heterocycles. The first-order chi connectivity index (χ1) is 13.3. The highest BCUT2D eigenvalue weighted by Crippen LogP contribution is 2.25. The second-order valence-corrected chi connectivity index (χ2v) is 7.46. The first-order valence-electron chi connectivity index (χ1n) is 8.00. The summed E-state index contributed by atoms with van der Waals surface area (Å²) >= 11 is 6.96. The van der Waals surface area contributed by atoms with Gasteiger partial charge in [-0.15, -0.1) is 0 Å². The van der Waals surface area contributed by atoms with Crippen molar-refractivity contribution in [2.24, 2.45) is 7.05 Å². The number of carboxylic acids is 2. The maximum atomic E-state index is 9.10. The van der Waals surface area contributed by atoms with Crippen molar-refractivity contribution in [2.75, 3.05) is 5.32 Å². The Bertz CT molecular complexity index is 960. The number of hydrogen-bond donors (Lipinski definition) is 3. The van der Waals surface area contributed by atoms with E-state index in [0.29, 0.717) is 0 Å². The predicted molar refractivity (Wildman–Crippen MR) is 113 cm³/mol. The largest absolute Gasteiger partial charge is 0.473 e. The van der Waals surface area contributed by atoms with Gasteiger partial charge >= 0.3 is 11.9 Å². The fourth-order valence-electron chi connectivity index (χ4n) is 2.27. The molecule has 0 aliphatic carbocycles. The van der Waals surface area contributed by atoms with E-state index in [1.54, 1.807) is 0 Å². The van der Waals surface area contributed by atoms with E-state index < -0.39 is 11.9 Å². The van der Waals surface area contributed by atoms with Gasteiger partial charge in [-0.05, 0) is 29.8 Å². The Balaban J connectivity index is 0.000000409. The van der Waals surface area contributed by atoms with Crippen LogP contribution in [0.15, 0.2) is 63.7 Å². The number of imidazole rings is 1. The van der Waals surface area contributed by atoms with E-state index >= 15 is 0 Å². The Labute approximate surface area is 178 Å². The van der Waals surface area contributed by atoms with Crippen molar-refractivity contribution >= 4 is 49.7 Å².